The van der Waals surface area contributed by atoms with Gasteiger partial charge < -0.3 is 8.98 Å². The molecule has 0 fully saturated rings. The van der Waals surface area contributed by atoms with Crippen LogP contribution in [0.4, 0.5) is 0 Å². The first-order valence-corrected chi connectivity index (χ1v) is 16.5. The first kappa shape index (κ1) is 28.1. The second-order valence-electron chi connectivity index (χ2n) is 12.3. The Morgan fingerprint density at radius 1 is 0.440 bits per heavy atom. The van der Waals surface area contributed by atoms with Crippen LogP contribution in [0.15, 0.2) is 168 Å². The van der Waals surface area contributed by atoms with Gasteiger partial charge in [0, 0.05) is 56.3 Å². The maximum atomic E-state index is 6.58. The van der Waals surface area contributed by atoms with E-state index >= 15 is 0 Å². The lowest BCUT2D eigenvalue weighted by Gasteiger charge is -2.10. The number of aromatic nitrogens is 5. The van der Waals surface area contributed by atoms with E-state index in [1.54, 1.807) is 12.4 Å². The average Bonchev–Trinajstić information content (AvgIpc) is 3.72. The van der Waals surface area contributed by atoms with Crippen molar-refractivity contribution in [1.29, 1.82) is 0 Å². The van der Waals surface area contributed by atoms with Crippen LogP contribution in [0.1, 0.15) is 0 Å². The Kier molecular flexibility index (Phi) is 6.39. The van der Waals surface area contributed by atoms with Crippen molar-refractivity contribution in [1.82, 2.24) is 24.5 Å². The van der Waals surface area contributed by atoms with E-state index in [9.17, 15) is 0 Å². The summed E-state index contributed by atoms with van der Waals surface area (Å²) in [5.41, 5.74) is 9.82. The summed E-state index contributed by atoms with van der Waals surface area (Å²) >= 11 is 0. The second kappa shape index (κ2) is 11.4. The maximum absolute atomic E-state index is 6.58. The van der Waals surface area contributed by atoms with E-state index in [1.165, 1.54) is 5.39 Å². The van der Waals surface area contributed by atoms with Gasteiger partial charge in [-0.2, -0.15) is 0 Å². The SMILES string of the molecule is c1ccc(-c2ccc(-c3nc(-c4cccnc4)nc(-c4cccc5oc6cc7c8ccccc8n(-c8ccccc8)c7cc6c45)n3)cc2)cc1. The fourth-order valence-corrected chi connectivity index (χ4v) is 7.02. The van der Waals surface area contributed by atoms with Gasteiger partial charge in [0.1, 0.15) is 11.2 Å². The second-order valence-corrected chi connectivity index (χ2v) is 12.3. The Hall–Kier alpha value is -6.92. The van der Waals surface area contributed by atoms with Crippen molar-refractivity contribution >= 4 is 43.7 Å². The summed E-state index contributed by atoms with van der Waals surface area (Å²) in [5.74, 6) is 1.71. The first-order valence-electron chi connectivity index (χ1n) is 16.5. The zero-order valence-electron chi connectivity index (χ0n) is 26.7. The Bertz CT molecular complexity index is 2840. The number of furan rings is 1. The predicted molar refractivity (Wildman–Crippen MR) is 201 cm³/mol. The molecule has 0 N–H and O–H groups in total. The van der Waals surface area contributed by atoms with Gasteiger partial charge in [-0.3, -0.25) is 4.98 Å². The predicted octanol–water partition coefficient (Wildman–Crippen LogP) is 10.9. The first-order chi connectivity index (χ1) is 24.8. The van der Waals surface area contributed by atoms with Crippen LogP contribution in [0, 0.1) is 0 Å². The van der Waals surface area contributed by atoms with Gasteiger partial charge >= 0.3 is 0 Å². The largest absolute Gasteiger partial charge is 0.456 e. The van der Waals surface area contributed by atoms with Crippen molar-refractivity contribution in [2.24, 2.45) is 0 Å². The zero-order chi connectivity index (χ0) is 33.0. The lowest BCUT2D eigenvalue weighted by atomic mass is 10.0. The number of fused-ring (bicyclic) bond motifs is 6. The molecule has 0 aliphatic carbocycles. The molecular weight excluding hydrogens is 615 g/mol. The molecule has 0 saturated carbocycles. The van der Waals surface area contributed by atoms with Gasteiger partial charge in [0.2, 0.25) is 0 Å². The van der Waals surface area contributed by atoms with E-state index in [1.807, 2.05) is 48.5 Å². The van der Waals surface area contributed by atoms with Crippen molar-refractivity contribution in [2.45, 2.75) is 0 Å². The number of nitrogens with zero attached hydrogens (tertiary/aromatic N) is 5. The van der Waals surface area contributed by atoms with Crippen molar-refractivity contribution in [3.8, 4) is 51.0 Å². The molecule has 0 saturated heterocycles. The van der Waals surface area contributed by atoms with Gasteiger partial charge in [0.05, 0.1) is 11.0 Å². The van der Waals surface area contributed by atoms with E-state index < -0.39 is 0 Å². The molecule has 10 rings (SSSR count). The zero-order valence-corrected chi connectivity index (χ0v) is 26.7. The quantitative estimate of drug-likeness (QED) is 0.187. The minimum atomic E-state index is 0.557. The number of para-hydroxylation sites is 2. The lowest BCUT2D eigenvalue weighted by molar-refractivity contribution is 0.669. The van der Waals surface area contributed by atoms with Gasteiger partial charge in [0.15, 0.2) is 17.5 Å². The molecule has 0 aliphatic rings. The Morgan fingerprint density at radius 2 is 1.12 bits per heavy atom. The van der Waals surface area contributed by atoms with Crippen LogP contribution < -0.4 is 0 Å². The Morgan fingerprint density at radius 3 is 1.92 bits per heavy atom. The van der Waals surface area contributed by atoms with Gasteiger partial charge in [0.25, 0.3) is 0 Å². The van der Waals surface area contributed by atoms with Crippen LogP contribution >= 0.6 is 0 Å². The molecule has 6 aromatic carbocycles. The Balaban J connectivity index is 1.21. The molecule has 0 unspecified atom stereocenters. The normalized spacial score (nSPS) is 11.6. The highest BCUT2D eigenvalue weighted by Crippen LogP contribution is 2.41. The molecule has 0 aliphatic heterocycles. The summed E-state index contributed by atoms with van der Waals surface area (Å²) in [6, 6.07) is 52.1. The fourth-order valence-electron chi connectivity index (χ4n) is 7.02. The van der Waals surface area contributed by atoms with Gasteiger partial charge in [-0.15, -0.1) is 0 Å². The smallest absolute Gasteiger partial charge is 0.165 e. The standard InChI is InChI=1S/C44H27N5O/c1-3-11-28(12-4-1)29-20-22-30(23-21-29)42-46-43(31-13-10-24-45-27-31)48-44(47-42)34-17-9-19-39-41(34)36-25-38-35(26-40(36)50-39)33-16-7-8-18-37(33)49(38)32-14-5-2-6-15-32/h1-27H. The highest BCUT2D eigenvalue weighted by molar-refractivity contribution is 6.19. The number of rotatable bonds is 5. The third-order valence-electron chi connectivity index (χ3n) is 9.35. The third kappa shape index (κ3) is 4.58. The summed E-state index contributed by atoms with van der Waals surface area (Å²) in [7, 11) is 0. The number of pyridine rings is 1. The van der Waals surface area contributed by atoms with Crippen molar-refractivity contribution in [3.63, 3.8) is 0 Å². The maximum Gasteiger partial charge on any atom is 0.165 e. The summed E-state index contributed by atoms with van der Waals surface area (Å²) in [6.07, 6.45) is 3.54. The monoisotopic (exact) mass is 641 g/mol. The lowest BCUT2D eigenvalue weighted by Crippen LogP contribution is -2.00. The molecule has 6 heteroatoms. The van der Waals surface area contributed by atoms with Gasteiger partial charge in [-0.1, -0.05) is 103 Å². The fraction of sp³-hybridized carbons (Fsp3) is 0. The van der Waals surface area contributed by atoms with Crippen LogP contribution in [0.2, 0.25) is 0 Å². The van der Waals surface area contributed by atoms with E-state index in [2.05, 4.69) is 113 Å². The highest BCUT2D eigenvalue weighted by atomic mass is 16.3. The molecular formula is C44H27N5O. The molecule has 4 aromatic heterocycles. The minimum Gasteiger partial charge on any atom is -0.456 e. The van der Waals surface area contributed by atoms with Crippen LogP contribution in [0.5, 0.6) is 0 Å². The molecule has 0 spiro atoms. The molecule has 50 heavy (non-hydrogen) atoms. The van der Waals surface area contributed by atoms with Gasteiger partial charge in [-0.05, 0) is 59.7 Å². The Labute approximate surface area is 287 Å². The van der Waals surface area contributed by atoms with Crippen LogP contribution in [-0.4, -0.2) is 24.5 Å². The summed E-state index contributed by atoms with van der Waals surface area (Å²) in [5, 5.41) is 4.27. The van der Waals surface area contributed by atoms with E-state index in [4.69, 9.17) is 19.4 Å². The molecule has 0 radical (unpaired) electrons. The summed E-state index contributed by atoms with van der Waals surface area (Å²) in [4.78, 5) is 19.5. The van der Waals surface area contributed by atoms with Crippen molar-refractivity contribution < 1.29 is 4.42 Å². The van der Waals surface area contributed by atoms with E-state index in [-0.39, 0.29) is 0 Å². The number of benzene rings is 6. The average molecular weight is 642 g/mol. The molecule has 6 nitrogen and oxygen atoms in total. The third-order valence-corrected chi connectivity index (χ3v) is 9.35. The molecule has 4 heterocycles. The molecule has 234 valence electrons. The van der Waals surface area contributed by atoms with Gasteiger partial charge in [-0.25, -0.2) is 15.0 Å². The van der Waals surface area contributed by atoms with E-state index in [0.717, 1.165) is 71.9 Å². The molecule has 0 bridgehead atoms. The topological polar surface area (TPSA) is 69.6 Å². The summed E-state index contributed by atoms with van der Waals surface area (Å²) in [6.45, 7) is 0. The molecule has 10 aromatic rings. The molecule has 0 atom stereocenters. The van der Waals surface area contributed by atoms with Crippen molar-refractivity contribution in [2.75, 3.05) is 0 Å². The van der Waals surface area contributed by atoms with Crippen LogP contribution in [-0.2, 0) is 0 Å². The molecule has 0 amide bonds. The van der Waals surface area contributed by atoms with E-state index in [0.29, 0.717) is 17.5 Å². The van der Waals surface area contributed by atoms with Crippen LogP contribution in [0.3, 0.4) is 0 Å². The minimum absolute atomic E-state index is 0.557. The van der Waals surface area contributed by atoms with Crippen LogP contribution in [0.25, 0.3) is 94.7 Å². The van der Waals surface area contributed by atoms with Crippen molar-refractivity contribution in [3.05, 3.63) is 164 Å². The highest BCUT2D eigenvalue weighted by Gasteiger charge is 2.20. The summed E-state index contributed by atoms with van der Waals surface area (Å²) < 4.78 is 8.91. The number of hydrogen-bond donors (Lipinski definition) is 0. The number of hydrogen-bond acceptors (Lipinski definition) is 5.